The van der Waals surface area contributed by atoms with Crippen LogP contribution in [-0.4, -0.2) is 81.3 Å². The Bertz CT molecular complexity index is 1110. The highest BCUT2D eigenvalue weighted by molar-refractivity contribution is 6.05. The molecule has 0 spiro atoms. The number of likely N-dealkylation sites (N-methyl/N-ethyl adjacent to an activating group) is 1. The summed E-state index contributed by atoms with van der Waals surface area (Å²) in [6, 6.07) is 6.27. The number of fused-ring (bicyclic) bond motifs is 1. The quantitative estimate of drug-likeness (QED) is 0.658. The lowest BCUT2D eigenvalue weighted by Gasteiger charge is -2.40. The Morgan fingerprint density at radius 3 is 2.47 bits per heavy atom. The van der Waals surface area contributed by atoms with Crippen LogP contribution in [0.25, 0.3) is 0 Å². The van der Waals surface area contributed by atoms with Gasteiger partial charge in [-0.2, -0.15) is 5.10 Å². The van der Waals surface area contributed by atoms with Gasteiger partial charge in [-0.1, -0.05) is 12.1 Å². The van der Waals surface area contributed by atoms with Crippen LogP contribution in [0.5, 0.6) is 0 Å². The molecule has 1 aromatic heterocycles. The number of benzene rings is 1. The van der Waals surface area contributed by atoms with Crippen molar-refractivity contribution in [2.24, 2.45) is 4.99 Å². The highest BCUT2D eigenvalue weighted by Crippen LogP contribution is 2.30. The molecule has 0 radical (unpaired) electrons. The maximum atomic E-state index is 13.4. The zero-order valence-corrected chi connectivity index (χ0v) is 18.1. The fourth-order valence-electron chi connectivity index (χ4n) is 3.97. The second-order valence-electron chi connectivity index (χ2n) is 7.77. The summed E-state index contributed by atoms with van der Waals surface area (Å²) in [5.41, 5.74) is 2.31. The van der Waals surface area contributed by atoms with Gasteiger partial charge in [0, 0.05) is 19.3 Å². The Kier molecular flexibility index (Phi) is 5.41. The minimum Gasteiger partial charge on any atom is -0.468 e. The highest BCUT2D eigenvalue weighted by atomic mass is 19.1. The number of hydrogen-bond acceptors (Lipinski definition) is 7. The number of methoxy groups -OCH3 is 1. The fraction of sp³-hybridized carbons (Fsp3) is 0.381. The Hall–Kier alpha value is -3.76. The van der Waals surface area contributed by atoms with Gasteiger partial charge in [-0.3, -0.25) is 14.5 Å². The molecule has 168 valence electrons. The van der Waals surface area contributed by atoms with Crippen LogP contribution in [0, 0.1) is 19.7 Å². The third-order valence-electron chi connectivity index (χ3n) is 5.55. The van der Waals surface area contributed by atoms with Crippen molar-refractivity contribution in [3.63, 3.8) is 0 Å². The number of carbonyl (C=O) groups is 3. The second kappa shape index (κ2) is 8.06. The van der Waals surface area contributed by atoms with Gasteiger partial charge >= 0.3 is 12.0 Å². The zero-order chi connectivity index (χ0) is 23.2. The molecule has 0 bridgehead atoms. The molecule has 1 fully saturated rings. The van der Waals surface area contributed by atoms with Gasteiger partial charge in [0.25, 0.3) is 5.91 Å². The minimum absolute atomic E-state index is 0.221. The van der Waals surface area contributed by atoms with E-state index in [1.807, 2.05) is 19.9 Å². The molecule has 2 aliphatic heterocycles. The van der Waals surface area contributed by atoms with Crippen molar-refractivity contribution in [1.29, 1.82) is 0 Å². The number of amides is 3. The monoisotopic (exact) mass is 442 g/mol. The first-order valence-corrected chi connectivity index (χ1v) is 9.98. The first-order chi connectivity index (χ1) is 15.2. The number of aryl methyl sites for hydroxylation is 2. The molecule has 2 unspecified atom stereocenters. The number of aliphatic imine (C=N–C) groups is 1. The molecule has 11 heteroatoms. The van der Waals surface area contributed by atoms with Crippen LogP contribution in [-0.2, 0) is 20.9 Å². The summed E-state index contributed by atoms with van der Waals surface area (Å²) in [7, 11) is 2.72. The molecule has 0 aliphatic carbocycles. The van der Waals surface area contributed by atoms with Crippen LogP contribution in [0.3, 0.4) is 0 Å². The average Bonchev–Trinajstić information content (AvgIpc) is 3.30. The van der Waals surface area contributed by atoms with Gasteiger partial charge in [0.1, 0.15) is 12.4 Å². The number of halogens is 1. The van der Waals surface area contributed by atoms with Crippen molar-refractivity contribution >= 4 is 23.9 Å². The second-order valence-corrected chi connectivity index (χ2v) is 7.77. The van der Waals surface area contributed by atoms with Crippen LogP contribution in [0.2, 0.25) is 0 Å². The Morgan fingerprint density at radius 2 is 1.88 bits per heavy atom. The summed E-state index contributed by atoms with van der Waals surface area (Å²) >= 11 is 0. The van der Waals surface area contributed by atoms with Crippen molar-refractivity contribution < 1.29 is 23.5 Å². The van der Waals surface area contributed by atoms with Gasteiger partial charge < -0.3 is 14.5 Å². The third kappa shape index (κ3) is 3.59. The predicted octanol–water partition coefficient (Wildman–Crippen LogP) is 1.12. The largest absolute Gasteiger partial charge is 0.468 e. The summed E-state index contributed by atoms with van der Waals surface area (Å²) < 4.78 is 19.7. The first kappa shape index (κ1) is 21.5. The third-order valence-corrected chi connectivity index (χ3v) is 5.55. The maximum Gasteiger partial charge on any atom is 0.328 e. The number of ether oxygens (including phenoxy) is 1. The van der Waals surface area contributed by atoms with E-state index >= 15 is 0 Å². The van der Waals surface area contributed by atoms with E-state index in [1.54, 1.807) is 21.7 Å². The molecule has 2 aliphatic rings. The van der Waals surface area contributed by atoms with Crippen molar-refractivity contribution in [2.75, 3.05) is 20.7 Å². The van der Waals surface area contributed by atoms with Gasteiger partial charge in [0.05, 0.1) is 12.8 Å². The van der Waals surface area contributed by atoms with E-state index in [0.29, 0.717) is 5.96 Å². The average molecular weight is 442 g/mol. The first-order valence-electron chi connectivity index (χ1n) is 9.98. The molecule has 1 saturated heterocycles. The lowest BCUT2D eigenvalue weighted by molar-refractivity contribution is -0.149. The minimum atomic E-state index is -0.883. The molecule has 2 aromatic rings. The lowest BCUT2D eigenvalue weighted by Crippen LogP contribution is -2.65. The summed E-state index contributed by atoms with van der Waals surface area (Å²) in [5, 5.41) is 4.49. The SMILES string of the molecule is COC(=O)CN1C(=O)C2C(N=C(n3nc(C)cc3C)N2Cc2ccc(F)cc2)N(C)C1=O. The van der Waals surface area contributed by atoms with Gasteiger partial charge in [0.15, 0.2) is 12.2 Å². The van der Waals surface area contributed by atoms with Crippen molar-refractivity contribution in [1.82, 2.24) is 24.5 Å². The molecule has 0 saturated carbocycles. The Labute approximate surface area is 183 Å². The van der Waals surface area contributed by atoms with Crippen LogP contribution < -0.4 is 0 Å². The van der Waals surface area contributed by atoms with Crippen LogP contribution in [0.15, 0.2) is 35.3 Å². The number of imide groups is 1. The summed E-state index contributed by atoms with van der Waals surface area (Å²) in [6.07, 6.45) is -0.803. The van der Waals surface area contributed by atoms with Gasteiger partial charge in [0.2, 0.25) is 5.96 Å². The maximum absolute atomic E-state index is 13.4. The molecule has 2 atom stereocenters. The van der Waals surface area contributed by atoms with E-state index in [2.05, 4.69) is 14.8 Å². The van der Waals surface area contributed by atoms with Crippen molar-refractivity contribution in [2.45, 2.75) is 32.6 Å². The van der Waals surface area contributed by atoms with E-state index in [1.165, 1.54) is 31.2 Å². The molecular formula is C21H23FN6O4. The van der Waals surface area contributed by atoms with Crippen LogP contribution >= 0.6 is 0 Å². The number of carbonyl (C=O) groups excluding carboxylic acids is 3. The van der Waals surface area contributed by atoms with Crippen LogP contribution in [0.4, 0.5) is 9.18 Å². The zero-order valence-electron chi connectivity index (χ0n) is 18.1. The number of nitrogens with zero attached hydrogens (tertiary/aromatic N) is 6. The van der Waals surface area contributed by atoms with E-state index in [-0.39, 0.29) is 12.4 Å². The summed E-state index contributed by atoms with van der Waals surface area (Å²) in [5.74, 6) is -1.25. The predicted molar refractivity (Wildman–Crippen MR) is 111 cm³/mol. The Balaban J connectivity index is 1.77. The van der Waals surface area contributed by atoms with E-state index in [4.69, 9.17) is 0 Å². The smallest absolute Gasteiger partial charge is 0.328 e. The molecule has 32 heavy (non-hydrogen) atoms. The lowest BCUT2D eigenvalue weighted by atomic mass is 10.1. The van der Waals surface area contributed by atoms with E-state index in [0.717, 1.165) is 21.9 Å². The molecule has 3 amide bonds. The van der Waals surface area contributed by atoms with Crippen molar-refractivity contribution in [3.05, 3.63) is 53.1 Å². The number of urea groups is 1. The molecule has 4 rings (SSSR count). The molecule has 10 nitrogen and oxygen atoms in total. The standard InChI is InChI=1S/C21H23FN6O4/c1-12-9-13(2)28(24-12)20-23-18-17(26(20)10-14-5-7-15(22)8-6-14)19(30)27(11-16(29)32-4)21(31)25(18)3/h5-9,17-18H,10-11H2,1-4H3. The van der Waals surface area contributed by atoms with Gasteiger partial charge in [-0.15, -0.1) is 0 Å². The van der Waals surface area contributed by atoms with Crippen LogP contribution in [0.1, 0.15) is 17.0 Å². The topological polar surface area (TPSA) is 100 Å². The number of aromatic nitrogens is 2. The Morgan fingerprint density at radius 1 is 1.19 bits per heavy atom. The summed E-state index contributed by atoms with van der Waals surface area (Å²) in [4.78, 5) is 46.6. The normalized spacial score (nSPS) is 20.5. The van der Waals surface area contributed by atoms with E-state index < -0.39 is 36.7 Å². The molecule has 0 N–H and O–H groups in total. The van der Waals surface area contributed by atoms with E-state index in [9.17, 15) is 18.8 Å². The van der Waals surface area contributed by atoms with Crippen molar-refractivity contribution in [3.8, 4) is 0 Å². The molecule has 1 aromatic carbocycles. The fourth-order valence-corrected chi connectivity index (χ4v) is 3.97. The molecular weight excluding hydrogens is 419 g/mol. The number of esters is 1. The van der Waals surface area contributed by atoms with Gasteiger partial charge in [-0.25, -0.2) is 18.9 Å². The molecule has 3 heterocycles. The number of rotatable bonds is 4. The highest BCUT2D eigenvalue weighted by Gasteiger charge is 2.53. The number of hydrogen-bond donors (Lipinski definition) is 0. The van der Waals surface area contributed by atoms with Gasteiger partial charge in [-0.05, 0) is 37.6 Å². The summed E-state index contributed by atoms with van der Waals surface area (Å²) in [6.45, 7) is 3.43.